The van der Waals surface area contributed by atoms with Gasteiger partial charge in [0, 0.05) is 32.8 Å². The molecule has 0 radical (unpaired) electrons. The molecular formula is C20H30ClN3O3. The van der Waals surface area contributed by atoms with Crippen molar-refractivity contribution in [2.75, 3.05) is 46.0 Å². The minimum Gasteiger partial charge on any atom is -0.486 e. The second kappa shape index (κ2) is 10.0. The van der Waals surface area contributed by atoms with Crippen LogP contribution in [0.15, 0.2) is 17.1 Å². The molecule has 2 aliphatic rings. The van der Waals surface area contributed by atoms with Crippen LogP contribution in [-0.2, 0) is 11.2 Å². The van der Waals surface area contributed by atoms with Gasteiger partial charge >= 0.3 is 0 Å². The Balaban J connectivity index is 1.58. The summed E-state index contributed by atoms with van der Waals surface area (Å²) in [5.41, 5.74) is 1.11. The van der Waals surface area contributed by atoms with Crippen molar-refractivity contribution in [2.24, 2.45) is 4.99 Å². The molecule has 0 amide bonds. The van der Waals surface area contributed by atoms with Gasteiger partial charge in [0.15, 0.2) is 17.5 Å². The van der Waals surface area contributed by atoms with E-state index in [-0.39, 0.29) is 0 Å². The maximum Gasteiger partial charge on any atom is 0.193 e. The molecule has 0 aliphatic carbocycles. The zero-order valence-corrected chi connectivity index (χ0v) is 17.1. The van der Waals surface area contributed by atoms with Gasteiger partial charge in [-0.1, -0.05) is 11.6 Å². The maximum absolute atomic E-state index is 6.33. The lowest BCUT2D eigenvalue weighted by Gasteiger charge is -2.34. The van der Waals surface area contributed by atoms with Crippen molar-refractivity contribution < 1.29 is 14.2 Å². The van der Waals surface area contributed by atoms with Crippen molar-refractivity contribution in [3.8, 4) is 11.5 Å². The van der Waals surface area contributed by atoms with Gasteiger partial charge in [-0.15, -0.1) is 0 Å². The van der Waals surface area contributed by atoms with Crippen LogP contribution in [0, 0.1) is 0 Å². The summed E-state index contributed by atoms with van der Waals surface area (Å²) in [4.78, 5) is 7.15. The van der Waals surface area contributed by atoms with Crippen LogP contribution in [0.3, 0.4) is 0 Å². The second-order valence-corrected chi connectivity index (χ2v) is 7.14. The first-order valence-electron chi connectivity index (χ1n) is 9.94. The molecule has 1 saturated heterocycles. The topological polar surface area (TPSA) is 55.3 Å². The smallest absolute Gasteiger partial charge is 0.193 e. The fraction of sp³-hybridized carbons (Fsp3) is 0.650. The summed E-state index contributed by atoms with van der Waals surface area (Å²) in [6.07, 6.45) is 3.29. The fourth-order valence-corrected chi connectivity index (χ4v) is 3.78. The number of nitrogens with zero attached hydrogens (tertiary/aromatic N) is 2. The molecule has 150 valence electrons. The van der Waals surface area contributed by atoms with Gasteiger partial charge in [0.1, 0.15) is 13.2 Å². The second-order valence-electron chi connectivity index (χ2n) is 6.73. The molecule has 0 aromatic heterocycles. The lowest BCUT2D eigenvalue weighted by atomic mass is 10.1. The molecule has 2 aliphatic heterocycles. The molecule has 1 fully saturated rings. The molecule has 2 heterocycles. The highest BCUT2D eigenvalue weighted by atomic mass is 35.5. The third kappa shape index (κ3) is 5.42. The van der Waals surface area contributed by atoms with Gasteiger partial charge in [-0.2, -0.15) is 0 Å². The quantitative estimate of drug-likeness (QED) is 0.592. The number of halogens is 1. The summed E-state index contributed by atoms with van der Waals surface area (Å²) in [7, 11) is 0. The molecule has 7 heteroatoms. The molecule has 0 atom stereocenters. The number of rotatable bonds is 6. The number of benzene rings is 1. The van der Waals surface area contributed by atoms with Crippen LogP contribution >= 0.6 is 11.6 Å². The molecule has 0 bridgehead atoms. The molecule has 1 aromatic rings. The van der Waals surface area contributed by atoms with Gasteiger partial charge in [0.05, 0.1) is 11.1 Å². The van der Waals surface area contributed by atoms with E-state index >= 15 is 0 Å². The summed E-state index contributed by atoms with van der Waals surface area (Å²) in [6, 6.07) is 3.96. The van der Waals surface area contributed by atoms with Gasteiger partial charge in [-0.3, -0.25) is 4.99 Å². The van der Waals surface area contributed by atoms with Crippen LogP contribution in [0.4, 0.5) is 0 Å². The average molecular weight is 396 g/mol. The Morgan fingerprint density at radius 1 is 1.26 bits per heavy atom. The minimum absolute atomic E-state index is 0.383. The number of hydrogen-bond acceptors (Lipinski definition) is 4. The van der Waals surface area contributed by atoms with Gasteiger partial charge in [-0.25, -0.2) is 0 Å². The molecule has 6 nitrogen and oxygen atoms in total. The van der Waals surface area contributed by atoms with Gasteiger partial charge in [0.25, 0.3) is 0 Å². The van der Waals surface area contributed by atoms with Gasteiger partial charge in [0.2, 0.25) is 0 Å². The first-order valence-corrected chi connectivity index (χ1v) is 10.3. The molecule has 0 unspecified atom stereocenters. The summed E-state index contributed by atoms with van der Waals surface area (Å²) in [5.74, 6) is 2.37. The van der Waals surface area contributed by atoms with E-state index in [1.54, 1.807) is 0 Å². The van der Waals surface area contributed by atoms with E-state index in [2.05, 4.69) is 24.1 Å². The number of fused-ring (bicyclic) bond motifs is 1. The van der Waals surface area contributed by atoms with Crippen molar-refractivity contribution in [2.45, 2.75) is 39.2 Å². The summed E-state index contributed by atoms with van der Waals surface area (Å²) >= 11 is 6.33. The molecule has 27 heavy (non-hydrogen) atoms. The molecule has 3 rings (SSSR count). The zero-order chi connectivity index (χ0) is 19.1. The molecule has 0 saturated carbocycles. The Hall–Kier alpha value is -1.66. The standard InChI is InChI=1S/C20H30ClN3O3/c1-3-22-20(24-9-6-16(7-10-24)25-4-2)23-8-5-15-13-17(21)19-18(14-15)26-11-12-27-19/h13-14,16H,3-12H2,1-2H3,(H,22,23). The first-order chi connectivity index (χ1) is 13.2. The summed E-state index contributed by atoms with van der Waals surface area (Å²) < 4.78 is 17.0. The van der Waals surface area contributed by atoms with E-state index in [0.29, 0.717) is 36.6 Å². The van der Waals surface area contributed by atoms with Crippen LogP contribution in [0.5, 0.6) is 11.5 Å². The van der Waals surface area contributed by atoms with Gasteiger partial charge < -0.3 is 24.4 Å². The Bertz CT molecular complexity index is 646. The summed E-state index contributed by atoms with van der Waals surface area (Å²) in [5, 5.41) is 4.02. The third-order valence-electron chi connectivity index (χ3n) is 4.80. The average Bonchev–Trinajstić information content (AvgIpc) is 2.68. The van der Waals surface area contributed by atoms with E-state index < -0.39 is 0 Å². The number of hydrogen-bond donors (Lipinski definition) is 1. The van der Waals surface area contributed by atoms with E-state index in [9.17, 15) is 0 Å². The van der Waals surface area contributed by atoms with E-state index in [4.69, 9.17) is 30.8 Å². The Morgan fingerprint density at radius 3 is 2.78 bits per heavy atom. The van der Waals surface area contributed by atoms with Crippen LogP contribution in [0.1, 0.15) is 32.3 Å². The number of guanidine groups is 1. The van der Waals surface area contributed by atoms with Crippen LogP contribution in [-0.4, -0.2) is 63.0 Å². The molecule has 1 aromatic carbocycles. The molecule has 1 N–H and O–H groups in total. The van der Waals surface area contributed by atoms with E-state index in [1.165, 1.54) is 0 Å². The zero-order valence-electron chi connectivity index (χ0n) is 16.3. The largest absolute Gasteiger partial charge is 0.486 e. The van der Waals surface area contributed by atoms with Crippen molar-refractivity contribution in [3.05, 3.63) is 22.7 Å². The van der Waals surface area contributed by atoms with Crippen molar-refractivity contribution in [3.63, 3.8) is 0 Å². The van der Waals surface area contributed by atoms with E-state index in [1.807, 2.05) is 12.1 Å². The highest BCUT2D eigenvalue weighted by molar-refractivity contribution is 6.32. The third-order valence-corrected chi connectivity index (χ3v) is 5.08. The van der Waals surface area contributed by atoms with Crippen molar-refractivity contribution in [1.29, 1.82) is 0 Å². The molecule has 0 spiro atoms. The summed E-state index contributed by atoms with van der Waals surface area (Å²) in [6.45, 7) is 9.57. The lowest BCUT2D eigenvalue weighted by molar-refractivity contribution is 0.0264. The fourth-order valence-electron chi connectivity index (χ4n) is 3.50. The van der Waals surface area contributed by atoms with Crippen LogP contribution in [0.25, 0.3) is 0 Å². The lowest BCUT2D eigenvalue weighted by Crippen LogP contribution is -2.47. The number of nitrogens with one attached hydrogen (secondary N) is 1. The first kappa shape index (κ1) is 20.1. The van der Waals surface area contributed by atoms with Crippen LogP contribution in [0.2, 0.25) is 5.02 Å². The van der Waals surface area contributed by atoms with Gasteiger partial charge in [-0.05, 0) is 50.8 Å². The number of likely N-dealkylation sites (tertiary alicyclic amines) is 1. The number of ether oxygens (including phenoxy) is 3. The Kier molecular flexibility index (Phi) is 7.47. The Morgan fingerprint density at radius 2 is 2.04 bits per heavy atom. The highest BCUT2D eigenvalue weighted by Gasteiger charge is 2.21. The van der Waals surface area contributed by atoms with Crippen LogP contribution < -0.4 is 14.8 Å². The highest BCUT2D eigenvalue weighted by Crippen LogP contribution is 2.38. The number of aliphatic imine (C=N–C) groups is 1. The predicted octanol–water partition coefficient (Wildman–Crippen LogP) is 3.12. The van der Waals surface area contributed by atoms with E-state index in [0.717, 1.165) is 62.8 Å². The van der Waals surface area contributed by atoms with Crippen molar-refractivity contribution in [1.82, 2.24) is 10.2 Å². The molecular weight excluding hydrogens is 366 g/mol. The number of piperidine rings is 1. The van der Waals surface area contributed by atoms with Crippen molar-refractivity contribution >= 4 is 17.6 Å². The monoisotopic (exact) mass is 395 g/mol. The SMILES string of the molecule is CCNC(=NCCc1cc(Cl)c2c(c1)OCCO2)N1CCC(OCC)CC1. The Labute approximate surface area is 166 Å². The normalized spacial score (nSPS) is 17.9. The predicted molar refractivity (Wildman–Crippen MR) is 108 cm³/mol. The minimum atomic E-state index is 0.383. The maximum atomic E-state index is 6.33.